The highest BCUT2D eigenvalue weighted by Crippen LogP contribution is 2.26. The van der Waals surface area contributed by atoms with Crippen LogP contribution in [-0.4, -0.2) is 20.1 Å². The van der Waals surface area contributed by atoms with Gasteiger partial charge in [0.15, 0.2) is 5.82 Å². The highest BCUT2D eigenvalue weighted by Gasteiger charge is 2.21. The lowest BCUT2D eigenvalue weighted by Gasteiger charge is -2.10. The first-order valence-corrected chi connectivity index (χ1v) is 7.51. The van der Waals surface area contributed by atoms with Crippen LogP contribution in [0.5, 0.6) is 0 Å². The van der Waals surface area contributed by atoms with Crippen LogP contribution in [0.2, 0.25) is 0 Å². The van der Waals surface area contributed by atoms with Crippen molar-refractivity contribution in [3.8, 4) is 6.07 Å². The number of rotatable bonds is 3. The molecule has 2 rings (SSSR count). The lowest BCUT2D eigenvalue weighted by Crippen LogP contribution is -2.13. The molecule has 7 heteroatoms. The summed E-state index contributed by atoms with van der Waals surface area (Å²) >= 11 is 1.41. The summed E-state index contributed by atoms with van der Waals surface area (Å²) in [7, 11) is 0. The zero-order valence-electron chi connectivity index (χ0n) is 12.8. The van der Waals surface area contributed by atoms with E-state index in [1.54, 1.807) is 0 Å². The van der Waals surface area contributed by atoms with Crippen LogP contribution < -0.4 is 0 Å². The highest BCUT2D eigenvalue weighted by molar-refractivity contribution is 7.98. The summed E-state index contributed by atoms with van der Waals surface area (Å²) < 4.78 is 5.24. The van der Waals surface area contributed by atoms with E-state index in [-0.39, 0.29) is 5.41 Å². The van der Waals surface area contributed by atoms with Crippen LogP contribution in [0, 0.1) is 25.2 Å². The van der Waals surface area contributed by atoms with Gasteiger partial charge in [-0.25, -0.2) is 9.97 Å². The Morgan fingerprint density at radius 3 is 2.48 bits per heavy atom. The standard InChI is InChI=1S/C14H17N5OS/c1-8-10(6-15)12(17-9(2)16-8)21-7-11-18-13(19-20-11)14(3,4)5/h7H2,1-5H3. The molecule has 110 valence electrons. The molecule has 21 heavy (non-hydrogen) atoms. The zero-order valence-corrected chi connectivity index (χ0v) is 13.6. The number of hydrogen-bond donors (Lipinski definition) is 0. The van der Waals surface area contributed by atoms with Gasteiger partial charge in [0.1, 0.15) is 22.5 Å². The van der Waals surface area contributed by atoms with Crippen LogP contribution in [-0.2, 0) is 11.2 Å². The lowest BCUT2D eigenvalue weighted by atomic mass is 9.96. The van der Waals surface area contributed by atoms with E-state index in [1.807, 2.05) is 34.6 Å². The second kappa shape index (κ2) is 5.82. The second-order valence-corrected chi connectivity index (χ2v) is 6.66. The van der Waals surface area contributed by atoms with Gasteiger partial charge >= 0.3 is 0 Å². The minimum Gasteiger partial charge on any atom is -0.338 e. The van der Waals surface area contributed by atoms with Crippen molar-refractivity contribution >= 4 is 11.8 Å². The van der Waals surface area contributed by atoms with Gasteiger partial charge in [0.2, 0.25) is 5.89 Å². The summed E-state index contributed by atoms with van der Waals surface area (Å²) in [5.41, 5.74) is 1.04. The van der Waals surface area contributed by atoms with Crippen LogP contribution in [0.1, 0.15) is 49.6 Å². The van der Waals surface area contributed by atoms with Crippen molar-refractivity contribution in [1.82, 2.24) is 20.1 Å². The molecular formula is C14H17N5OS. The monoisotopic (exact) mass is 303 g/mol. The molecule has 0 aromatic carbocycles. The lowest BCUT2D eigenvalue weighted by molar-refractivity contribution is 0.373. The van der Waals surface area contributed by atoms with Gasteiger partial charge in [-0.1, -0.05) is 37.7 Å². The molecule has 0 saturated heterocycles. The molecule has 0 saturated carbocycles. The number of nitriles is 1. The number of hydrogen-bond acceptors (Lipinski definition) is 7. The number of nitrogens with zero attached hydrogens (tertiary/aromatic N) is 5. The number of aromatic nitrogens is 4. The van der Waals surface area contributed by atoms with E-state index >= 15 is 0 Å². The fourth-order valence-corrected chi connectivity index (χ4v) is 2.57. The smallest absolute Gasteiger partial charge is 0.237 e. The van der Waals surface area contributed by atoms with Gasteiger partial charge in [0.05, 0.1) is 11.4 Å². The predicted molar refractivity (Wildman–Crippen MR) is 78.8 cm³/mol. The molecule has 0 amide bonds. The first-order chi connectivity index (χ1) is 9.81. The fraction of sp³-hybridized carbons (Fsp3) is 0.500. The van der Waals surface area contributed by atoms with E-state index in [0.717, 1.165) is 0 Å². The summed E-state index contributed by atoms with van der Waals surface area (Å²) in [5, 5.41) is 13.8. The molecule has 0 aliphatic rings. The van der Waals surface area contributed by atoms with Gasteiger partial charge in [-0.15, -0.1) is 0 Å². The third kappa shape index (κ3) is 3.58. The zero-order chi connectivity index (χ0) is 15.6. The van der Waals surface area contributed by atoms with Crippen molar-refractivity contribution < 1.29 is 4.52 Å². The van der Waals surface area contributed by atoms with Gasteiger partial charge in [-0.3, -0.25) is 0 Å². The van der Waals surface area contributed by atoms with Crippen LogP contribution in [0.15, 0.2) is 9.55 Å². The van der Waals surface area contributed by atoms with Crippen LogP contribution in [0.25, 0.3) is 0 Å². The van der Waals surface area contributed by atoms with E-state index in [1.165, 1.54) is 11.8 Å². The molecule has 0 unspecified atom stereocenters. The maximum absolute atomic E-state index is 9.20. The van der Waals surface area contributed by atoms with Crippen molar-refractivity contribution in [3.05, 3.63) is 28.8 Å². The Hall–Kier alpha value is -1.94. The molecular weight excluding hydrogens is 286 g/mol. The maximum atomic E-state index is 9.20. The maximum Gasteiger partial charge on any atom is 0.237 e. The van der Waals surface area contributed by atoms with Gasteiger partial charge in [-0.2, -0.15) is 10.2 Å². The average Bonchev–Trinajstić information content (AvgIpc) is 2.84. The first-order valence-electron chi connectivity index (χ1n) is 6.52. The molecule has 0 bridgehead atoms. The molecule has 0 aliphatic carbocycles. The average molecular weight is 303 g/mol. The molecule has 0 spiro atoms. The van der Waals surface area contributed by atoms with Gasteiger partial charge < -0.3 is 4.52 Å². The van der Waals surface area contributed by atoms with Gasteiger partial charge in [0, 0.05) is 5.41 Å². The molecule has 0 atom stereocenters. The van der Waals surface area contributed by atoms with E-state index < -0.39 is 0 Å². The van der Waals surface area contributed by atoms with E-state index in [0.29, 0.717) is 39.6 Å². The van der Waals surface area contributed by atoms with Gasteiger partial charge in [0.25, 0.3) is 0 Å². The quantitative estimate of drug-likeness (QED) is 0.636. The minimum absolute atomic E-state index is 0.147. The summed E-state index contributed by atoms with van der Waals surface area (Å²) in [6.07, 6.45) is 0. The largest absolute Gasteiger partial charge is 0.338 e. The Morgan fingerprint density at radius 1 is 1.19 bits per heavy atom. The van der Waals surface area contributed by atoms with Crippen molar-refractivity contribution in [2.75, 3.05) is 0 Å². The topological polar surface area (TPSA) is 88.5 Å². The van der Waals surface area contributed by atoms with Crippen molar-refractivity contribution in [3.63, 3.8) is 0 Å². The molecule has 0 aliphatic heterocycles. The third-order valence-electron chi connectivity index (χ3n) is 2.75. The van der Waals surface area contributed by atoms with Crippen molar-refractivity contribution in [2.45, 2.75) is 50.8 Å². The fourth-order valence-electron chi connectivity index (χ4n) is 1.66. The second-order valence-electron chi connectivity index (χ2n) is 5.70. The summed E-state index contributed by atoms with van der Waals surface area (Å²) in [5.74, 6) is 2.33. The first kappa shape index (κ1) is 15.4. The van der Waals surface area contributed by atoms with Crippen LogP contribution in [0.4, 0.5) is 0 Å². The molecule has 6 nitrogen and oxygen atoms in total. The van der Waals surface area contributed by atoms with Crippen molar-refractivity contribution in [2.24, 2.45) is 0 Å². The summed E-state index contributed by atoms with van der Waals surface area (Å²) in [6, 6.07) is 2.14. The Balaban J connectivity index is 2.17. The Kier molecular flexibility index (Phi) is 4.28. The minimum atomic E-state index is -0.147. The van der Waals surface area contributed by atoms with E-state index in [2.05, 4.69) is 26.2 Å². The van der Waals surface area contributed by atoms with Gasteiger partial charge in [-0.05, 0) is 13.8 Å². The van der Waals surface area contributed by atoms with Crippen molar-refractivity contribution in [1.29, 1.82) is 5.26 Å². The molecule has 0 fully saturated rings. The normalized spacial score (nSPS) is 11.4. The highest BCUT2D eigenvalue weighted by atomic mass is 32.2. The molecule has 2 aromatic rings. The Labute approximate surface area is 128 Å². The predicted octanol–water partition coefficient (Wildman–Crippen LogP) is 2.94. The summed E-state index contributed by atoms with van der Waals surface area (Å²) in [4.78, 5) is 12.9. The Bertz CT molecular complexity index is 696. The summed E-state index contributed by atoms with van der Waals surface area (Å²) in [6.45, 7) is 9.70. The number of aryl methyl sites for hydroxylation is 2. The van der Waals surface area contributed by atoms with Crippen LogP contribution in [0.3, 0.4) is 0 Å². The molecule has 2 aromatic heterocycles. The van der Waals surface area contributed by atoms with E-state index in [4.69, 9.17) is 4.52 Å². The number of thioether (sulfide) groups is 1. The molecule has 0 N–H and O–H groups in total. The van der Waals surface area contributed by atoms with E-state index in [9.17, 15) is 5.26 Å². The SMILES string of the molecule is Cc1nc(C)c(C#N)c(SCc2nc(C(C)(C)C)no2)n1. The molecule has 2 heterocycles. The van der Waals surface area contributed by atoms with Crippen LogP contribution >= 0.6 is 11.8 Å². The third-order valence-corrected chi connectivity index (χ3v) is 3.71. The molecule has 0 radical (unpaired) electrons. The Morgan fingerprint density at radius 2 is 1.90 bits per heavy atom.